The first-order valence-electron chi connectivity index (χ1n) is 9.04. The number of hydrogen-bond acceptors (Lipinski definition) is 4. The van der Waals surface area contributed by atoms with Crippen LogP contribution < -0.4 is 10.6 Å². The van der Waals surface area contributed by atoms with Gasteiger partial charge in [-0.25, -0.2) is 0 Å². The van der Waals surface area contributed by atoms with Gasteiger partial charge in [0.1, 0.15) is 0 Å². The number of nitrogens with zero attached hydrogens (tertiary/aromatic N) is 4. The highest BCUT2D eigenvalue weighted by Crippen LogP contribution is 2.30. The Hall–Kier alpha value is -2.15. The van der Waals surface area contributed by atoms with Crippen LogP contribution in [-0.2, 0) is 24.8 Å². The predicted octanol–water partition coefficient (Wildman–Crippen LogP) is 2.25. The van der Waals surface area contributed by atoms with E-state index in [2.05, 4.69) is 32.4 Å². The van der Waals surface area contributed by atoms with Gasteiger partial charge < -0.3 is 5.32 Å². The average molecular weight is 344 g/mol. The van der Waals surface area contributed by atoms with Crippen LogP contribution in [0.5, 0.6) is 0 Å². The van der Waals surface area contributed by atoms with Crippen LogP contribution in [0.4, 0.5) is 5.69 Å². The first kappa shape index (κ1) is 17.7. The number of anilines is 1. The Morgan fingerprint density at radius 3 is 2.84 bits per heavy atom. The van der Waals surface area contributed by atoms with E-state index in [9.17, 15) is 4.79 Å². The van der Waals surface area contributed by atoms with Crippen molar-refractivity contribution in [3.05, 3.63) is 28.8 Å². The van der Waals surface area contributed by atoms with Crippen molar-refractivity contribution in [3.63, 3.8) is 0 Å². The molecule has 25 heavy (non-hydrogen) atoms. The third-order valence-corrected chi connectivity index (χ3v) is 5.16. The van der Waals surface area contributed by atoms with Crippen LogP contribution in [0, 0.1) is 13.8 Å². The predicted molar refractivity (Wildman–Crippen MR) is 97.5 cm³/mol. The van der Waals surface area contributed by atoms with E-state index < -0.39 is 0 Å². The molecule has 136 valence electrons. The van der Waals surface area contributed by atoms with Gasteiger partial charge in [-0.05, 0) is 47.0 Å². The molecular formula is C18H28N6O. The van der Waals surface area contributed by atoms with E-state index in [-0.39, 0.29) is 18.0 Å². The van der Waals surface area contributed by atoms with Gasteiger partial charge in [-0.15, -0.1) is 0 Å². The molecule has 2 aromatic heterocycles. The van der Waals surface area contributed by atoms with Crippen molar-refractivity contribution in [2.45, 2.75) is 65.6 Å². The van der Waals surface area contributed by atoms with Crippen molar-refractivity contribution >= 4 is 11.6 Å². The van der Waals surface area contributed by atoms with Crippen LogP contribution in [0.1, 0.15) is 55.4 Å². The lowest BCUT2D eigenvalue weighted by atomic mass is 9.92. The molecule has 0 radical (unpaired) electrons. The van der Waals surface area contributed by atoms with E-state index in [1.165, 1.54) is 11.3 Å². The zero-order valence-electron chi connectivity index (χ0n) is 15.8. The number of fused-ring (bicyclic) bond motifs is 1. The Kier molecular flexibility index (Phi) is 4.94. The quantitative estimate of drug-likeness (QED) is 0.872. The van der Waals surface area contributed by atoms with E-state index in [0.29, 0.717) is 0 Å². The summed E-state index contributed by atoms with van der Waals surface area (Å²) < 4.78 is 3.85. The Labute approximate surface area is 148 Å². The standard InChI is InChI=1S/C18H28N6O/c1-6-24-16-9-7-8-15(14(16)10-19-24)20-12(3)18(25)21-17-11(2)22-23(5)13(17)4/h10,12,15,20H,6-9H2,1-5H3,(H,21,25)/t12-,15-/m1/s1. The summed E-state index contributed by atoms with van der Waals surface area (Å²) in [6.45, 7) is 8.78. The lowest BCUT2D eigenvalue weighted by molar-refractivity contribution is -0.118. The Morgan fingerprint density at radius 2 is 2.20 bits per heavy atom. The summed E-state index contributed by atoms with van der Waals surface area (Å²) in [6, 6.07) is -0.110. The third-order valence-electron chi connectivity index (χ3n) is 5.16. The number of aromatic nitrogens is 4. The zero-order chi connectivity index (χ0) is 18.1. The molecule has 0 saturated carbocycles. The van der Waals surface area contributed by atoms with Gasteiger partial charge in [-0.1, -0.05) is 0 Å². The fraction of sp³-hybridized carbons (Fsp3) is 0.611. The van der Waals surface area contributed by atoms with Crippen molar-refractivity contribution in [1.29, 1.82) is 0 Å². The van der Waals surface area contributed by atoms with Gasteiger partial charge >= 0.3 is 0 Å². The molecule has 0 fully saturated rings. The molecule has 7 heteroatoms. The molecule has 2 aromatic rings. The summed E-state index contributed by atoms with van der Waals surface area (Å²) in [6.07, 6.45) is 5.17. The van der Waals surface area contributed by atoms with Gasteiger partial charge in [-0.3, -0.25) is 19.5 Å². The highest BCUT2D eigenvalue weighted by Gasteiger charge is 2.27. The number of aryl methyl sites for hydroxylation is 3. The van der Waals surface area contributed by atoms with Crippen molar-refractivity contribution in [1.82, 2.24) is 24.9 Å². The highest BCUT2D eigenvalue weighted by atomic mass is 16.2. The highest BCUT2D eigenvalue weighted by molar-refractivity contribution is 5.95. The summed E-state index contributed by atoms with van der Waals surface area (Å²) >= 11 is 0. The van der Waals surface area contributed by atoms with Crippen molar-refractivity contribution < 1.29 is 4.79 Å². The van der Waals surface area contributed by atoms with Crippen LogP contribution in [0.3, 0.4) is 0 Å². The van der Waals surface area contributed by atoms with Gasteiger partial charge in [0.15, 0.2) is 0 Å². The van der Waals surface area contributed by atoms with Gasteiger partial charge in [0.25, 0.3) is 0 Å². The molecule has 2 atom stereocenters. The maximum Gasteiger partial charge on any atom is 0.241 e. The lowest BCUT2D eigenvalue weighted by Gasteiger charge is -2.27. The SMILES string of the molecule is CCn1ncc2c1CCC[C@H]2N[C@H](C)C(=O)Nc1c(C)nn(C)c1C. The van der Waals surface area contributed by atoms with Crippen molar-refractivity contribution in [2.75, 3.05) is 5.32 Å². The van der Waals surface area contributed by atoms with Gasteiger partial charge in [0, 0.05) is 30.9 Å². The lowest BCUT2D eigenvalue weighted by Crippen LogP contribution is -2.41. The number of hydrogen-bond donors (Lipinski definition) is 2. The maximum absolute atomic E-state index is 12.6. The fourth-order valence-corrected chi connectivity index (χ4v) is 3.63. The maximum atomic E-state index is 12.6. The molecule has 1 aliphatic rings. The minimum Gasteiger partial charge on any atom is -0.322 e. The van der Waals surface area contributed by atoms with Gasteiger partial charge in [0.2, 0.25) is 5.91 Å². The summed E-state index contributed by atoms with van der Waals surface area (Å²) in [4.78, 5) is 12.6. The molecule has 0 saturated heterocycles. The minimum absolute atomic E-state index is 0.0331. The van der Waals surface area contributed by atoms with Gasteiger partial charge in [0.05, 0.1) is 29.3 Å². The van der Waals surface area contributed by atoms with Crippen LogP contribution in [0.25, 0.3) is 0 Å². The molecule has 7 nitrogen and oxygen atoms in total. The number of rotatable bonds is 5. The molecular weight excluding hydrogens is 316 g/mol. The van der Waals surface area contributed by atoms with E-state index in [1.54, 1.807) is 4.68 Å². The van der Waals surface area contributed by atoms with E-state index in [0.717, 1.165) is 42.9 Å². The fourth-order valence-electron chi connectivity index (χ4n) is 3.63. The van der Waals surface area contributed by atoms with Crippen LogP contribution >= 0.6 is 0 Å². The minimum atomic E-state index is -0.292. The van der Waals surface area contributed by atoms with E-state index in [4.69, 9.17) is 0 Å². The smallest absolute Gasteiger partial charge is 0.241 e. The second kappa shape index (κ2) is 7.00. The van der Waals surface area contributed by atoms with Crippen LogP contribution in [-0.4, -0.2) is 31.5 Å². The number of carbonyl (C=O) groups is 1. The monoisotopic (exact) mass is 344 g/mol. The Balaban J connectivity index is 1.69. The average Bonchev–Trinajstić information content (AvgIpc) is 3.11. The van der Waals surface area contributed by atoms with Crippen LogP contribution in [0.2, 0.25) is 0 Å². The number of carbonyl (C=O) groups excluding carboxylic acids is 1. The van der Waals surface area contributed by atoms with E-state index >= 15 is 0 Å². The summed E-state index contributed by atoms with van der Waals surface area (Å²) in [5.41, 5.74) is 5.15. The first-order chi connectivity index (χ1) is 11.9. The molecule has 1 amide bonds. The van der Waals surface area contributed by atoms with E-state index in [1.807, 2.05) is 34.0 Å². The second-order valence-electron chi connectivity index (χ2n) is 6.85. The molecule has 2 N–H and O–H groups in total. The molecule has 0 spiro atoms. The van der Waals surface area contributed by atoms with Gasteiger partial charge in [-0.2, -0.15) is 10.2 Å². The Morgan fingerprint density at radius 1 is 1.44 bits per heavy atom. The number of nitrogens with one attached hydrogen (secondary N) is 2. The Bertz CT molecular complexity index is 775. The van der Waals surface area contributed by atoms with Crippen LogP contribution in [0.15, 0.2) is 6.20 Å². The molecule has 0 aromatic carbocycles. The second-order valence-corrected chi connectivity index (χ2v) is 6.85. The summed E-state index contributed by atoms with van der Waals surface area (Å²) in [5.74, 6) is -0.0331. The normalized spacial score (nSPS) is 18.0. The summed E-state index contributed by atoms with van der Waals surface area (Å²) in [7, 11) is 1.88. The molecule has 0 unspecified atom stereocenters. The molecule has 2 heterocycles. The van der Waals surface area contributed by atoms with Crippen molar-refractivity contribution in [2.24, 2.45) is 7.05 Å². The topological polar surface area (TPSA) is 76.8 Å². The molecule has 0 aliphatic heterocycles. The van der Waals surface area contributed by atoms with Crippen molar-refractivity contribution in [3.8, 4) is 0 Å². The molecule has 3 rings (SSSR count). The summed E-state index contributed by atoms with van der Waals surface area (Å²) in [5, 5.41) is 15.3. The largest absolute Gasteiger partial charge is 0.322 e. The third kappa shape index (κ3) is 3.33. The first-order valence-corrected chi connectivity index (χ1v) is 9.04. The zero-order valence-corrected chi connectivity index (χ0v) is 15.8. The molecule has 1 aliphatic carbocycles. The number of amides is 1. The molecule has 0 bridgehead atoms.